The van der Waals surface area contributed by atoms with Gasteiger partial charge in [0.25, 0.3) is 0 Å². The van der Waals surface area contributed by atoms with Crippen molar-refractivity contribution in [2.24, 2.45) is 17.3 Å². The van der Waals surface area contributed by atoms with Gasteiger partial charge in [-0.15, -0.1) is 0 Å². The maximum absolute atomic E-state index is 12.8. The summed E-state index contributed by atoms with van der Waals surface area (Å²) >= 11 is 5.36. The summed E-state index contributed by atoms with van der Waals surface area (Å²) in [5.41, 5.74) is 1.52. The first-order chi connectivity index (χ1) is 15.5. The molecule has 1 saturated carbocycles. The van der Waals surface area contributed by atoms with Gasteiger partial charge in [0.15, 0.2) is 0 Å². The third-order valence-corrected chi connectivity index (χ3v) is 6.32. The molecule has 1 aliphatic rings. The van der Waals surface area contributed by atoms with Gasteiger partial charge in [0.05, 0.1) is 5.92 Å². The Morgan fingerprint density at radius 1 is 1.21 bits per heavy atom. The molecule has 0 amide bonds. The molecule has 0 bridgehead atoms. The van der Waals surface area contributed by atoms with Gasteiger partial charge >= 0.3 is 12.1 Å². The number of nitrogens with zero attached hydrogens (tertiary/aromatic N) is 2. The highest BCUT2D eigenvalue weighted by Crippen LogP contribution is 2.60. The number of halogens is 4. The molecule has 0 aliphatic heterocycles. The number of allylic oxidation sites excluding steroid dienone is 2. The molecule has 3 unspecified atom stereocenters. The summed E-state index contributed by atoms with van der Waals surface area (Å²) in [7, 11) is 0. The largest absolute Gasteiger partial charge is 0.442 e. The quantitative estimate of drug-likeness (QED) is 0.407. The van der Waals surface area contributed by atoms with E-state index in [4.69, 9.17) is 16.3 Å². The first-order valence-electron chi connectivity index (χ1n) is 10.5. The molecule has 4 nitrogen and oxygen atoms in total. The topological polar surface area (TPSA) is 53.3 Å². The Labute approximate surface area is 196 Å². The molecule has 33 heavy (non-hydrogen) atoms. The van der Waals surface area contributed by atoms with Crippen LogP contribution in [0.25, 0.3) is 0 Å². The van der Waals surface area contributed by atoms with Crippen LogP contribution in [0.2, 0.25) is 0 Å². The molecule has 1 fully saturated rings. The molecule has 2 aromatic rings. The Balaban J connectivity index is 1.79. The van der Waals surface area contributed by atoms with Crippen molar-refractivity contribution in [3.8, 4) is 6.07 Å². The second kappa shape index (κ2) is 9.48. The van der Waals surface area contributed by atoms with E-state index in [1.54, 1.807) is 32.0 Å². The van der Waals surface area contributed by atoms with E-state index in [2.05, 4.69) is 0 Å². The number of carbonyl (C=O) groups is 1. The molecule has 2 aromatic carbocycles. The SMILES string of the molecule is CCN(c1ccccc1)c1cccc(C(C#N)OC(=O)C2C(C=C(Cl)C(F)(F)F)C2(C)C)c1. The summed E-state index contributed by atoms with van der Waals surface area (Å²) in [4.78, 5) is 14.8. The van der Waals surface area contributed by atoms with Gasteiger partial charge in [-0.2, -0.15) is 18.4 Å². The summed E-state index contributed by atoms with van der Waals surface area (Å²) in [5, 5.41) is 8.40. The fourth-order valence-electron chi connectivity index (χ4n) is 4.03. The minimum absolute atomic E-state index is 0.483. The minimum atomic E-state index is -4.67. The van der Waals surface area contributed by atoms with E-state index >= 15 is 0 Å². The van der Waals surface area contributed by atoms with Gasteiger partial charge in [-0.1, -0.05) is 61.9 Å². The van der Waals surface area contributed by atoms with Gasteiger partial charge in [-0.25, -0.2) is 0 Å². The lowest BCUT2D eigenvalue weighted by atomic mass is 10.1. The molecule has 0 aromatic heterocycles. The molecule has 3 atom stereocenters. The predicted octanol–water partition coefficient (Wildman–Crippen LogP) is 6.91. The lowest BCUT2D eigenvalue weighted by Gasteiger charge is -2.24. The Morgan fingerprint density at radius 2 is 1.85 bits per heavy atom. The summed E-state index contributed by atoms with van der Waals surface area (Å²) in [6.45, 7) is 6.01. The maximum Gasteiger partial charge on any atom is 0.426 e. The number of ether oxygens (including phenoxy) is 1. The summed E-state index contributed by atoms with van der Waals surface area (Å²) in [6.07, 6.45) is -5.01. The molecule has 0 N–H and O–H groups in total. The molecule has 0 saturated heterocycles. The fraction of sp³-hybridized carbons (Fsp3) is 0.360. The number of hydrogen-bond acceptors (Lipinski definition) is 4. The molecule has 0 heterocycles. The van der Waals surface area contributed by atoms with Gasteiger partial charge in [0.2, 0.25) is 6.10 Å². The zero-order valence-electron chi connectivity index (χ0n) is 18.4. The lowest BCUT2D eigenvalue weighted by molar-refractivity contribution is -0.149. The van der Waals surface area contributed by atoms with E-state index in [9.17, 15) is 23.2 Å². The lowest BCUT2D eigenvalue weighted by Crippen LogP contribution is -2.17. The van der Waals surface area contributed by atoms with Crippen molar-refractivity contribution in [2.75, 3.05) is 11.4 Å². The normalized spacial score (nSPS) is 20.5. The monoisotopic (exact) mass is 476 g/mol. The van der Waals surface area contributed by atoms with Crippen molar-refractivity contribution < 1.29 is 22.7 Å². The Hall–Kier alpha value is -2.98. The third-order valence-electron chi connectivity index (χ3n) is 5.98. The van der Waals surface area contributed by atoms with Crippen LogP contribution in [-0.2, 0) is 9.53 Å². The number of para-hydroxylation sites is 1. The molecule has 0 radical (unpaired) electrons. The van der Waals surface area contributed by atoms with Crippen LogP contribution < -0.4 is 4.90 Å². The summed E-state index contributed by atoms with van der Waals surface area (Å²) < 4.78 is 43.8. The van der Waals surface area contributed by atoms with E-state index in [0.29, 0.717) is 12.1 Å². The van der Waals surface area contributed by atoms with Crippen LogP contribution in [0.15, 0.2) is 65.7 Å². The number of nitriles is 1. The van der Waals surface area contributed by atoms with E-state index in [0.717, 1.165) is 17.5 Å². The maximum atomic E-state index is 12.8. The Kier molecular flexibility index (Phi) is 7.08. The zero-order chi connectivity index (χ0) is 24.4. The molecule has 3 rings (SSSR count). The average molecular weight is 477 g/mol. The smallest absolute Gasteiger partial charge is 0.426 e. The standard InChI is InChI=1S/C25H24ClF3N2O2/c1-4-31(17-10-6-5-7-11-17)18-12-8-9-16(13-18)20(15-30)33-23(32)22-19(24(22,2)3)14-21(26)25(27,28)29/h5-14,19-20,22H,4H2,1-3H3. The zero-order valence-corrected chi connectivity index (χ0v) is 19.2. The van der Waals surface area contributed by atoms with Gasteiger partial charge in [0, 0.05) is 23.5 Å². The molecular weight excluding hydrogens is 453 g/mol. The van der Waals surface area contributed by atoms with Crippen LogP contribution >= 0.6 is 11.6 Å². The second-order valence-corrected chi connectivity index (χ2v) is 8.87. The van der Waals surface area contributed by atoms with Crippen molar-refractivity contribution in [1.82, 2.24) is 0 Å². The number of esters is 1. The van der Waals surface area contributed by atoms with E-state index in [1.807, 2.05) is 54.3 Å². The highest BCUT2D eigenvalue weighted by molar-refractivity contribution is 6.30. The second-order valence-electron chi connectivity index (χ2n) is 8.46. The highest BCUT2D eigenvalue weighted by atomic mass is 35.5. The summed E-state index contributed by atoms with van der Waals surface area (Å²) in [5.74, 6) is -2.26. The number of hydrogen-bond donors (Lipinski definition) is 0. The van der Waals surface area contributed by atoms with Crippen molar-refractivity contribution in [2.45, 2.75) is 33.1 Å². The highest BCUT2D eigenvalue weighted by Gasteiger charge is 2.62. The van der Waals surface area contributed by atoms with Crippen LogP contribution in [0.1, 0.15) is 32.4 Å². The van der Waals surface area contributed by atoms with Crippen molar-refractivity contribution in [3.05, 3.63) is 71.3 Å². The van der Waals surface area contributed by atoms with Crippen LogP contribution in [-0.4, -0.2) is 18.7 Å². The molecule has 1 aliphatic carbocycles. The van der Waals surface area contributed by atoms with Crippen LogP contribution in [0.4, 0.5) is 24.5 Å². The Bertz CT molecular complexity index is 1080. The molecule has 174 valence electrons. The van der Waals surface area contributed by atoms with Gasteiger partial charge < -0.3 is 9.64 Å². The van der Waals surface area contributed by atoms with Crippen molar-refractivity contribution in [1.29, 1.82) is 5.26 Å². The fourth-order valence-corrected chi connectivity index (χ4v) is 4.16. The molecule has 0 spiro atoms. The number of anilines is 2. The molecular formula is C25H24ClF3N2O2. The van der Waals surface area contributed by atoms with Crippen molar-refractivity contribution in [3.63, 3.8) is 0 Å². The van der Waals surface area contributed by atoms with Crippen molar-refractivity contribution >= 4 is 28.9 Å². The van der Waals surface area contributed by atoms with E-state index < -0.39 is 40.5 Å². The molecule has 8 heteroatoms. The number of benzene rings is 2. The van der Waals surface area contributed by atoms with E-state index in [1.165, 1.54) is 0 Å². The van der Waals surface area contributed by atoms with Gasteiger partial charge in [-0.3, -0.25) is 4.79 Å². The van der Waals surface area contributed by atoms with E-state index in [-0.39, 0.29) is 0 Å². The Morgan fingerprint density at radius 3 is 2.42 bits per heavy atom. The number of carbonyl (C=O) groups excluding carboxylic acids is 1. The first kappa shape index (κ1) is 24.7. The van der Waals surface area contributed by atoms with Gasteiger partial charge in [-0.05, 0) is 42.5 Å². The minimum Gasteiger partial charge on any atom is -0.442 e. The first-order valence-corrected chi connectivity index (χ1v) is 10.9. The van der Waals surface area contributed by atoms with Crippen LogP contribution in [0.3, 0.4) is 0 Å². The average Bonchev–Trinajstić information content (AvgIpc) is 3.32. The third kappa shape index (κ3) is 5.33. The number of alkyl halides is 3. The van der Waals surface area contributed by atoms with Gasteiger partial charge in [0.1, 0.15) is 11.1 Å². The van der Waals surface area contributed by atoms with Crippen LogP contribution in [0.5, 0.6) is 0 Å². The van der Waals surface area contributed by atoms with Crippen LogP contribution in [0, 0.1) is 28.6 Å². The predicted molar refractivity (Wildman–Crippen MR) is 121 cm³/mol. The summed E-state index contributed by atoms with van der Waals surface area (Å²) in [6, 6.07) is 18.8. The number of rotatable bonds is 7.